The van der Waals surface area contributed by atoms with Crippen LogP contribution < -0.4 is 33.7 Å². The van der Waals surface area contributed by atoms with Gasteiger partial charge in [0.25, 0.3) is 0 Å². The molecule has 11 rings (SSSR count). The Hall–Kier alpha value is -5.86. The molecule has 15 nitrogen and oxygen atoms in total. The molecular weight excluding hydrogens is 865 g/mol. The molecule has 4 bridgehead atoms. The lowest BCUT2D eigenvalue weighted by Crippen LogP contribution is -2.69. The number of likely N-dealkylation sites (N-methyl/N-ethyl adjacent to an activating group) is 1. The summed E-state index contributed by atoms with van der Waals surface area (Å²) < 4.78 is 48.9. The van der Waals surface area contributed by atoms with Crippen molar-refractivity contribution >= 4 is 23.9 Å². The number of hydrogen-bond acceptors (Lipinski definition) is 16. The second kappa shape index (κ2) is 16.5. The van der Waals surface area contributed by atoms with E-state index in [0.717, 1.165) is 27.8 Å². The lowest BCUT2D eigenvalue weighted by molar-refractivity contribution is -0.157. The van der Waals surface area contributed by atoms with Crippen LogP contribution in [0, 0.1) is 25.2 Å². The van der Waals surface area contributed by atoms with Crippen molar-refractivity contribution in [3.8, 4) is 46.3 Å². The zero-order valence-electron chi connectivity index (χ0n) is 38.3. The molecular formula is C50H54N4O11S. The van der Waals surface area contributed by atoms with Gasteiger partial charge in [-0.3, -0.25) is 15.1 Å². The number of rotatable bonds is 6. The Morgan fingerprint density at radius 3 is 2.50 bits per heavy atom. The van der Waals surface area contributed by atoms with Gasteiger partial charge in [-0.1, -0.05) is 36.4 Å². The number of nitriles is 1. The van der Waals surface area contributed by atoms with Gasteiger partial charge in [-0.05, 0) is 94.5 Å². The molecule has 66 heavy (non-hydrogen) atoms. The number of fused-ring (bicyclic) bond motifs is 9. The minimum atomic E-state index is -1.41. The molecule has 346 valence electrons. The Bertz CT molecular complexity index is 2680. The van der Waals surface area contributed by atoms with Gasteiger partial charge >= 0.3 is 12.1 Å². The zero-order valence-corrected chi connectivity index (χ0v) is 39.1. The average Bonchev–Trinajstić information content (AvgIpc) is 3.78. The Morgan fingerprint density at radius 2 is 1.77 bits per heavy atom. The van der Waals surface area contributed by atoms with E-state index in [2.05, 4.69) is 34.3 Å². The Labute approximate surface area is 388 Å². The van der Waals surface area contributed by atoms with Crippen molar-refractivity contribution in [2.75, 3.05) is 47.0 Å². The van der Waals surface area contributed by atoms with E-state index in [1.165, 1.54) is 18.9 Å². The quantitative estimate of drug-likeness (QED) is 0.146. The van der Waals surface area contributed by atoms with Crippen LogP contribution in [0.15, 0.2) is 48.5 Å². The van der Waals surface area contributed by atoms with Gasteiger partial charge in [-0.2, -0.15) is 5.26 Å². The van der Waals surface area contributed by atoms with Gasteiger partial charge in [0.2, 0.25) is 6.79 Å². The van der Waals surface area contributed by atoms with Crippen LogP contribution in [0.5, 0.6) is 40.2 Å². The van der Waals surface area contributed by atoms with Crippen molar-refractivity contribution in [2.45, 2.75) is 101 Å². The number of hydrogen-bond donors (Lipinski definition) is 2. The maximum absolute atomic E-state index is 15.1. The Kier molecular flexibility index (Phi) is 11.0. The number of aromatic hydroxyl groups is 1. The van der Waals surface area contributed by atoms with Crippen molar-refractivity contribution < 1.29 is 52.6 Å². The minimum absolute atomic E-state index is 0.0462. The number of benzene rings is 4. The number of carbonyl (C=O) groups excluding carboxylic acids is 2. The van der Waals surface area contributed by atoms with Gasteiger partial charge in [0.05, 0.1) is 37.6 Å². The van der Waals surface area contributed by atoms with Gasteiger partial charge in [0.1, 0.15) is 30.6 Å². The van der Waals surface area contributed by atoms with Crippen molar-refractivity contribution in [1.82, 2.24) is 15.1 Å². The van der Waals surface area contributed by atoms with Crippen LogP contribution in [0.4, 0.5) is 4.79 Å². The fourth-order valence-corrected chi connectivity index (χ4v) is 12.9. The summed E-state index contributed by atoms with van der Waals surface area (Å²) in [6.07, 6.45) is 0.185. The summed E-state index contributed by atoms with van der Waals surface area (Å²) in [5.74, 6) is 2.27. The molecule has 0 saturated carbocycles. The Morgan fingerprint density at radius 1 is 1.00 bits per heavy atom. The molecule has 0 aromatic heterocycles. The normalized spacial score (nSPS) is 26.2. The van der Waals surface area contributed by atoms with Crippen molar-refractivity contribution in [3.05, 3.63) is 98.6 Å². The summed E-state index contributed by atoms with van der Waals surface area (Å²) in [4.78, 5) is 32.5. The molecule has 4 aromatic rings. The molecule has 7 aliphatic rings. The highest BCUT2D eigenvalue weighted by Crippen LogP contribution is 2.64. The van der Waals surface area contributed by atoms with Gasteiger partial charge in [-0.15, -0.1) is 11.8 Å². The fourth-order valence-electron chi connectivity index (χ4n) is 11.2. The van der Waals surface area contributed by atoms with E-state index in [4.69, 9.17) is 37.9 Å². The monoisotopic (exact) mass is 918 g/mol. The number of piperazine rings is 1. The largest absolute Gasteiger partial charge is 0.514 e. The van der Waals surface area contributed by atoms with E-state index in [9.17, 15) is 15.2 Å². The molecule has 4 aromatic carbocycles. The van der Waals surface area contributed by atoms with Crippen molar-refractivity contribution in [1.29, 1.82) is 5.26 Å². The van der Waals surface area contributed by atoms with E-state index >= 15 is 4.79 Å². The molecule has 2 saturated heterocycles. The van der Waals surface area contributed by atoms with Crippen molar-refractivity contribution in [3.63, 3.8) is 0 Å². The summed E-state index contributed by atoms with van der Waals surface area (Å²) in [5.41, 5.74) is 4.97. The summed E-state index contributed by atoms with van der Waals surface area (Å²) >= 11 is 1.51. The molecule has 2 N–H and O–H groups in total. The number of aryl methyl sites for hydroxylation is 1. The number of phenolic OH excluding ortho intramolecular Hbond substituents is 1. The summed E-state index contributed by atoms with van der Waals surface area (Å²) in [7, 11) is 5.20. The molecule has 7 heterocycles. The minimum Gasteiger partial charge on any atom is -0.507 e. The highest BCUT2D eigenvalue weighted by Gasteiger charge is 2.62. The first-order valence-corrected chi connectivity index (χ1v) is 23.3. The van der Waals surface area contributed by atoms with Crippen LogP contribution in [-0.4, -0.2) is 97.7 Å². The smallest absolute Gasteiger partial charge is 0.507 e. The number of methoxy groups -OCH3 is 2. The molecule has 2 fully saturated rings. The third-order valence-corrected chi connectivity index (χ3v) is 15.5. The van der Waals surface area contributed by atoms with Crippen LogP contribution in [-0.2, 0) is 39.3 Å². The fraction of sp³-hybridized carbons (Fsp3) is 0.460. The number of nitrogens with one attached hydrogen (secondary N) is 1. The predicted octanol–water partition coefficient (Wildman–Crippen LogP) is 7.25. The number of phenols is 1. The molecule has 1 spiro atoms. The maximum atomic E-state index is 15.1. The molecule has 1 unspecified atom stereocenters. The van der Waals surface area contributed by atoms with Gasteiger partial charge in [-0.25, -0.2) is 9.59 Å². The lowest BCUT2D eigenvalue weighted by atomic mass is 9.71. The summed E-state index contributed by atoms with van der Waals surface area (Å²) in [6, 6.07) is 15.8. The first-order chi connectivity index (χ1) is 31.7. The van der Waals surface area contributed by atoms with Crippen LogP contribution in [0.3, 0.4) is 0 Å². The lowest BCUT2D eigenvalue weighted by Gasteiger charge is -2.62. The second-order valence-corrected chi connectivity index (χ2v) is 19.9. The standard InChI is InChI=1S/C50H54N4O11S/c1-25-16-29-17-31-32(20-51)54-33-22-61-47(56)50(30-19-34(58-7)35(18-28(30)14-15-52-50)64-48(57)65-49(3,4)5)23-66-46(38-37(33)45-43(62-24-63-45)26(2)41(38)55)40(54)39(53(31)6)36(29)44(42(25)59-8)60-21-27-12-10-9-11-13-27/h9-13,16,18-19,31-33,39-40,46,52,55H,14-15,17,21-24H2,1-8H3/t31-,32-,33-,39-,40?,46+,50+/m0/s1. The van der Waals surface area contributed by atoms with E-state index in [1.54, 1.807) is 40.0 Å². The molecule has 16 heteroatoms. The average molecular weight is 919 g/mol. The van der Waals surface area contributed by atoms with Crippen LogP contribution in [0.2, 0.25) is 0 Å². The predicted molar refractivity (Wildman–Crippen MR) is 243 cm³/mol. The maximum Gasteiger partial charge on any atom is 0.514 e. The summed E-state index contributed by atoms with van der Waals surface area (Å²) in [6.45, 7) is 9.59. The number of ether oxygens (including phenoxy) is 8. The molecule has 0 radical (unpaired) electrons. The van der Waals surface area contributed by atoms with Crippen molar-refractivity contribution in [2.24, 2.45) is 0 Å². The van der Waals surface area contributed by atoms with Crippen LogP contribution >= 0.6 is 11.8 Å². The molecule has 7 aliphatic heterocycles. The SMILES string of the molecule is COc1cc2c(cc1OC(=O)OC(C)(C)C)CCN[C@]21CS[C@@H]2c3c(O)c(C)c4c(c3[C@H](COC1=O)N1C2[C@@H]2c3c(cc(C)c(OC)c3OCc3ccccc3)C[C@@H]([C@@H]1C#N)N2C)OCO4. The van der Waals surface area contributed by atoms with Crippen LogP contribution in [0.1, 0.15) is 88.2 Å². The number of esters is 1. The molecule has 0 aliphatic carbocycles. The van der Waals surface area contributed by atoms with E-state index in [1.807, 2.05) is 44.2 Å². The van der Waals surface area contributed by atoms with Gasteiger partial charge in [0, 0.05) is 46.6 Å². The van der Waals surface area contributed by atoms with E-state index in [0.29, 0.717) is 71.2 Å². The molecule has 0 amide bonds. The number of carbonyl (C=O) groups is 2. The number of nitrogens with zero attached hydrogens (tertiary/aromatic N) is 3. The number of thioether (sulfide) groups is 1. The molecule has 7 atom stereocenters. The third-order valence-electron chi connectivity index (χ3n) is 14.0. The topological polar surface area (TPSA) is 171 Å². The second-order valence-electron chi connectivity index (χ2n) is 18.8. The van der Waals surface area contributed by atoms with Gasteiger partial charge in [0.15, 0.2) is 40.0 Å². The Balaban J connectivity index is 1.16. The highest BCUT2D eigenvalue weighted by molar-refractivity contribution is 7.99. The van der Waals surface area contributed by atoms with Crippen LogP contribution in [0.25, 0.3) is 0 Å². The third kappa shape index (κ3) is 6.88. The van der Waals surface area contributed by atoms with E-state index in [-0.39, 0.29) is 42.4 Å². The zero-order chi connectivity index (χ0) is 46.4. The van der Waals surface area contributed by atoms with Gasteiger partial charge < -0.3 is 43.0 Å². The first-order valence-electron chi connectivity index (χ1n) is 22.3. The first kappa shape index (κ1) is 44.0. The summed E-state index contributed by atoms with van der Waals surface area (Å²) in [5, 5.41) is 26.9. The van der Waals surface area contributed by atoms with E-state index < -0.39 is 52.7 Å². The highest BCUT2D eigenvalue weighted by atomic mass is 32.2.